The smallest absolute Gasteiger partial charge is 0.0403 e. The van der Waals surface area contributed by atoms with Crippen LogP contribution in [-0.2, 0) is 0 Å². The molecule has 4 rings (SSSR count). The van der Waals surface area contributed by atoms with Gasteiger partial charge in [-0.15, -0.1) is 0 Å². The number of hydrogen-bond acceptors (Lipinski definition) is 2. The van der Waals surface area contributed by atoms with Gasteiger partial charge in [0, 0.05) is 18.6 Å². The Labute approximate surface area is 154 Å². The molecule has 0 spiro atoms. The topological polar surface area (TPSA) is 29.3 Å². The molecule has 25 heavy (non-hydrogen) atoms. The molecule has 7 atom stereocenters. The third-order valence-electron chi connectivity index (χ3n) is 7.85. The molecule has 2 heteroatoms. The molecule has 0 aromatic carbocycles. The maximum Gasteiger partial charge on any atom is 0.0403 e. The van der Waals surface area contributed by atoms with Crippen molar-refractivity contribution in [3.63, 3.8) is 0 Å². The van der Waals surface area contributed by atoms with E-state index in [2.05, 4.69) is 43.1 Å². The lowest BCUT2D eigenvalue weighted by Gasteiger charge is -2.29. The Morgan fingerprint density at radius 1 is 1.16 bits per heavy atom. The Hall–Kier alpha value is -0.600. The van der Waals surface area contributed by atoms with Crippen LogP contribution in [0.5, 0.6) is 0 Å². The molecule has 1 heterocycles. The first-order chi connectivity index (χ1) is 12.1. The molecule has 4 unspecified atom stereocenters. The quantitative estimate of drug-likeness (QED) is 0.714. The molecule has 1 saturated heterocycles. The summed E-state index contributed by atoms with van der Waals surface area (Å²) in [6, 6.07) is 0. The summed E-state index contributed by atoms with van der Waals surface area (Å²) < 4.78 is 0. The SMILES string of the molecule is C[C@H](CC1CCN(CC2CCC=C[C@@H]2C)C1)CC1C2CCC=C[C@@]21N. The summed E-state index contributed by atoms with van der Waals surface area (Å²) in [6.45, 7) is 8.90. The Kier molecular flexibility index (Phi) is 5.12. The monoisotopic (exact) mass is 342 g/mol. The summed E-state index contributed by atoms with van der Waals surface area (Å²) in [4.78, 5) is 2.77. The molecule has 0 amide bonds. The van der Waals surface area contributed by atoms with Crippen molar-refractivity contribution >= 4 is 0 Å². The summed E-state index contributed by atoms with van der Waals surface area (Å²) in [5, 5.41) is 0. The molecule has 3 aliphatic carbocycles. The lowest BCUT2D eigenvalue weighted by molar-refractivity contribution is 0.222. The van der Waals surface area contributed by atoms with Crippen molar-refractivity contribution in [3.05, 3.63) is 24.3 Å². The van der Waals surface area contributed by atoms with Crippen molar-refractivity contribution in [3.8, 4) is 0 Å². The summed E-state index contributed by atoms with van der Waals surface area (Å²) in [5.74, 6) is 4.99. The van der Waals surface area contributed by atoms with Crippen LogP contribution in [0.2, 0.25) is 0 Å². The lowest BCUT2D eigenvalue weighted by atomic mass is 9.85. The Morgan fingerprint density at radius 2 is 2.00 bits per heavy atom. The average molecular weight is 343 g/mol. The summed E-state index contributed by atoms with van der Waals surface area (Å²) >= 11 is 0. The van der Waals surface area contributed by atoms with E-state index in [1.807, 2.05) is 0 Å². The van der Waals surface area contributed by atoms with E-state index in [-0.39, 0.29) is 5.54 Å². The third kappa shape index (κ3) is 3.76. The van der Waals surface area contributed by atoms with Gasteiger partial charge in [0.2, 0.25) is 0 Å². The number of fused-ring (bicyclic) bond motifs is 1. The molecular formula is C23H38N2. The highest BCUT2D eigenvalue weighted by Gasteiger charge is 2.60. The molecule has 1 aliphatic heterocycles. The first kappa shape index (κ1) is 17.8. The summed E-state index contributed by atoms with van der Waals surface area (Å²) in [6.07, 6.45) is 18.9. The minimum atomic E-state index is 0.0822. The molecule has 140 valence electrons. The number of rotatable bonds is 6. The van der Waals surface area contributed by atoms with Crippen LogP contribution in [-0.4, -0.2) is 30.1 Å². The lowest BCUT2D eigenvalue weighted by Crippen LogP contribution is -2.31. The molecular weight excluding hydrogens is 304 g/mol. The second-order valence-corrected chi connectivity index (χ2v) is 9.81. The van der Waals surface area contributed by atoms with Crippen LogP contribution in [0.4, 0.5) is 0 Å². The molecule has 2 nitrogen and oxygen atoms in total. The van der Waals surface area contributed by atoms with Gasteiger partial charge in [-0.3, -0.25) is 0 Å². The highest BCUT2D eigenvalue weighted by Crippen LogP contribution is 2.57. The van der Waals surface area contributed by atoms with E-state index in [1.165, 1.54) is 64.6 Å². The Balaban J connectivity index is 1.20. The molecule has 0 radical (unpaired) electrons. The first-order valence-corrected chi connectivity index (χ1v) is 10.9. The van der Waals surface area contributed by atoms with Gasteiger partial charge in [-0.1, -0.05) is 38.2 Å². The molecule has 4 aliphatic rings. The minimum absolute atomic E-state index is 0.0822. The van der Waals surface area contributed by atoms with Crippen molar-refractivity contribution in [2.45, 2.75) is 64.3 Å². The van der Waals surface area contributed by atoms with E-state index >= 15 is 0 Å². The van der Waals surface area contributed by atoms with Crippen LogP contribution in [0, 0.1) is 35.5 Å². The molecule has 2 fully saturated rings. The predicted molar refractivity (Wildman–Crippen MR) is 106 cm³/mol. The van der Waals surface area contributed by atoms with Crippen LogP contribution in [0.1, 0.15) is 58.8 Å². The van der Waals surface area contributed by atoms with Gasteiger partial charge in [0.1, 0.15) is 0 Å². The van der Waals surface area contributed by atoms with Gasteiger partial charge in [-0.25, -0.2) is 0 Å². The van der Waals surface area contributed by atoms with E-state index in [4.69, 9.17) is 5.73 Å². The molecule has 1 saturated carbocycles. The van der Waals surface area contributed by atoms with Crippen molar-refractivity contribution < 1.29 is 0 Å². The van der Waals surface area contributed by atoms with Gasteiger partial charge in [0.15, 0.2) is 0 Å². The van der Waals surface area contributed by atoms with Crippen LogP contribution in [0.3, 0.4) is 0 Å². The van der Waals surface area contributed by atoms with Crippen LogP contribution in [0.15, 0.2) is 24.3 Å². The van der Waals surface area contributed by atoms with Gasteiger partial charge < -0.3 is 10.6 Å². The van der Waals surface area contributed by atoms with E-state index in [0.717, 1.165) is 35.5 Å². The normalized spacial score (nSPS) is 44.7. The number of hydrogen-bond donors (Lipinski definition) is 1. The number of likely N-dealkylation sites (tertiary alicyclic amines) is 1. The van der Waals surface area contributed by atoms with Crippen molar-refractivity contribution in [1.29, 1.82) is 0 Å². The summed E-state index contributed by atoms with van der Waals surface area (Å²) in [5.41, 5.74) is 6.67. The second kappa shape index (κ2) is 7.19. The van der Waals surface area contributed by atoms with Crippen LogP contribution in [0.25, 0.3) is 0 Å². The fourth-order valence-corrected chi connectivity index (χ4v) is 6.22. The standard InChI is InChI=1S/C23H38N2/c1-17(14-22-21-9-5-6-11-23(21,22)24)13-19-10-12-25(15-19)16-20-8-4-3-7-18(20)2/h3,6-7,11,17-22H,4-5,8-10,12-16,24H2,1-2H3/t17-,18+,19?,20?,21?,22?,23-/m1/s1. The maximum atomic E-state index is 6.59. The number of nitrogens with two attached hydrogens (primary N) is 1. The van der Waals surface area contributed by atoms with Gasteiger partial charge in [0.05, 0.1) is 0 Å². The van der Waals surface area contributed by atoms with Crippen molar-refractivity contribution in [2.75, 3.05) is 19.6 Å². The van der Waals surface area contributed by atoms with Crippen LogP contribution >= 0.6 is 0 Å². The number of allylic oxidation sites excluding steroid dienone is 3. The largest absolute Gasteiger partial charge is 0.321 e. The number of nitrogens with zero attached hydrogens (tertiary/aromatic N) is 1. The zero-order valence-corrected chi connectivity index (χ0v) is 16.4. The van der Waals surface area contributed by atoms with Crippen LogP contribution < -0.4 is 5.73 Å². The Morgan fingerprint density at radius 3 is 2.76 bits per heavy atom. The molecule has 0 bridgehead atoms. The van der Waals surface area contributed by atoms with Gasteiger partial charge in [-0.05, 0) is 87.0 Å². The zero-order chi connectivity index (χ0) is 17.4. The van der Waals surface area contributed by atoms with E-state index < -0.39 is 0 Å². The van der Waals surface area contributed by atoms with Gasteiger partial charge in [0.25, 0.3) is 0 Å². The highest BCUT2D eigenvalue weighted by molar-refractivity contribution is 5.28. The van der Waals surface area contributed by atoms with Gasteiger partial charge in [-0.2, -0.15) is 0 Å². The molecule has 0 aromatic rings. The maximum absolute atomic E-state index is 6.59. The average Bonchev–Trinajstić information content (AvgIpc) is 2.93. The van der Waals surface area contributed by atoms with Gasteiger partial charge >= 0.3 is 0 Å². The Bertz CT molecular complexity index is 524. The van der Waals surface area contributed by atoms with E-state index in [9.17, 15) is 0 Å². The second-order valence-electron chi connectivity index (χ2n) is 9.81. The fourth-order valence-electron chi connectivity index (χ4n) is 6.22. The zero-order valence-electron chi connectivity index (χ0n) is 16.4. The fraction of sp³-hybridized carbons (Fsp3) is 0.826. The third-order valence-corrected chi connectivity index (χ3v) is 7.85. The van der Waals surface area contributed by atoms with Crippen molar-refractivity contribution in [2.24, 2.45) is 41.2 Å². The highest BCUT2D eigenvalue weighted by atomic mass is 15.1. The summed E-state index contributed by atoms with van der Waals surface area (Å²) in [7, 11) is 0. The molecule has 2 N–H and O–H groups in total. The van der Waals surface area contributed by atoms with E-state index in [0.29, 0.717) is 0 Å². The van der Waals surface area contributed by atoms with Crippen molar-refractivity contribution in [1.82, 2.24) is 4.90 Å². The minimum Gasteiger partial charge on any atom is -0.321 e. The predicted octanol–water partition coefficient (Wildman–Crippen LogP) is 4.62. The van der Waals surface area contributed by atoms with E-state index in [1.54, 1.807) is 0 Å². The first-order valence-electron chi connectivity index (χ1n) is 10.9. The molecule has 0 aromatic heterocycles.